The zero-order valence-electron chi connectivity index (χ0n) is 11.2. The summed E-state index contributed by atoms with van der Waals surface area (Å²) in [6, 6.07) is 3.00. The normalized spacial score (nSPS) is 13.8. The standard InChI is InChI=1S/C13H17N3O4/c1-20-8-7-16(9-4-5-9)13(19)15-10-3-2-6-14-11(10)12(17)18/h2-3,6,9H,4-5,7-8H2,1H3,(H,15,19)(H,17,18). The number of aromatic nitrogens is 1. The summed E-state index contributed by atoms with van der Waals surface area (Å²) in [5.41, 5.74) is 0.0383. The number of carboxylic acids is 1. The molecule has 0 atom stereocenters. The van der Waals surface area contributed by atoms with Crippen LogP contribution in [0.1, 0.15) is 23.3 Å². The van der Waals surface area contributed by atoms with E-state index in [0.29, 0.717) is 13.2 Å². The van der Waals surface area contributed by atoms with Crippen LogP contribution in [0, 0.1) is 0 Å². The van der Waals surface area contributed by atoms with Gasteiger partial charge in [0.25, 0.3) is 0 Å². The number of carbonyl (C=O) groups is 2. The number of aromatic carboxylic acids is 1. The van der Waals surface area contributed by atoms with Crippen molar-refractivity contribution in [2.45, 2.75) is 18.9 Å². The van der Waals surface area contributed by atoms with Crippen molar-refractivity contribution in [1.29, 1.82) is 0 Å². The molecule has 2 amide bonds. The van der Waals surface area contributed by atoms with Crippen LogP contribution in [0.25, 0.3) is 0 Å². The van der Waals surface area contributed by atoms with E-state index < -0.39 is 5.97 Å². The minimum Gasteiger partial charge on any atom is -0.476 e. The molecule has 1 saturated carbocycles. The van der Waals surface area contributed by atoms with Gasteiger partial charge in [0.05, 0.1) is 12.3 Å². The first-order valence-electron chi connectivity index (χ1n) is 6.38. The fraction of sp³-hybridized carbons (Fsp3) is 0.462. The van der Waals surface area contributed by atoms with Gasteiger partial charge in [-0.05, 0) is 25.0 Å². The van der Waals surface area contributed by atoms with Crippen LogP contribution in [0.5, 0.6) is 0 Å². The molecule has 0 aliphatic heterocycles. The minimum atomic E-state index is -1.17. The fourth-order valence-corrected chi connectivity index (χ4v) is 1.89. The summed E-state index contributed by atoms with van der Waals surface area (Å²) in [5, 5.41) is 11.6. The minimum absolute atomic E-state index is 0.164. The van der Waals surface area contributed by atoms with Crippen molar-refractivity contribution in [2.24, 2.45) is 0 Å². The highest BCUT2D eigenvalue weighted by Crippen LogP contribution is 2.27. The third-order valence-electron chi connectivity index (χ3n) is 3.04. The molecular weight excluding hydrogens is 262 g/mol. The molecule has 1 fully saturated rings. The number of amides is 2. The lowest BCUT2D eigenvalue weighted by molar-refractivity contribution is 0.0691. The molecule has 0 saturated heterocycles. The van der Waals surface area contributed by atoms with Crippen LogP contribution in [0.3, 0.4) is 0 Å². The van der Waals surface area contributed by atoms with Crippen molar-refractivity contribution in [3.8, 4) is 0 Å². The monoisotopic (exact) mass is 279 g/mol. The zero-order valence-corrected chi connectivity index (χ0v) is 11.2. The molecule has 1 aromatic rings. The van der Waals surface area contributed by atoms with E-state index in [9.17, 15) is 9.59 Å². The molecule has 1 aliphatic carbocycles. The summed E-state index contributed by atoms with van der Waals surface area (Å²) in [4.78, 5) is 28.7. The maximum absolute atomic E-state index is 12.2. The number of nitrogens with zero attached hydrogens (tertiary/aromatic N) is 2. The Labute approximate surface area is 116 Å². The smallest absolute Gasteiger partial charge is 0.356 e. The van der Waals surface area contributed by atoms with Gasteiger partial charge in [-0.15, -0.1) is 0 Å². The van der Waals surface area contributed by atoms with Gasteiger partial charge in [-0.2, -0.15) is 0 Å². The first-order valence-corrected chi connectivity index (χ1v) is 6.38. The first kappa shape index (κ1) is 14.3. The van der Waals surface area contributed by atoms with Gasteiger partial charge in [-0.1, -0.05) is 0 Å². The molecule has 1 aromatic heterocycles. The van der Waals surface area contributed by atoms with Crippen LogP contribution < -0.4 is 5.32 Å². The lowest BCUT2D eigenvalue weighted by atomic mass is 10.3. The molecule has 1 heterocycles. The quantitative estimate of drug-likeness (QED) is 0.821. The number of hydrogen-bond donors (Lipinski definition) is 2. The molecule has 0 bridgehead atoms. The second kappa shape index (κ2) is 6.33. The number of ether oxygens (including phenoxy) is 1. The van der Waals surface area contributed by atoms with Gasteiger partial charge in [0.2, 0.25) is 0 Å². The van der Waals surface area contributed by atoms with Crippen molar-refractivity contribution >= 4 is 17.7 Å². The Balaban J connectivity index is 2.07. The van der Waals surface area contributed by atoms with Crippen molar-refractivity contribution in [3.63, 3.8) is 0 Å². The van der Waals surface area contributed by atoms with E-state index in [4.69, 9.17) is 9.84 Å². The average molecular weight is 279 g/mol. The Morgan fingerprint density at radius 1 is 1.55 bits per heavy atom. The number of rotatable bonds is 6. The molecular formula is C13H17N3O4. The Morgan fingerprint density at radius 3 is 2.90 bits per heavy atom. The van der Waals surface area contributed by atoms with Gasteiger partial charge in [0.1, 0.15) is 0 Å². The van der Waals surface area contributed by atoms with Crippen LogP contribution >= 0.6 is 0 Å². The van der Waals surface area contributed by atoms with Crippen LogP contribution in [0.4, 0.5) is 10.5 Å². The number of carboxylic acid groups (broad SMARTS) is 1. The number of nitrogens with one attached hydrogen (secondary N) is 1. The molecule has 0 aromatic carbocycles. The fourth-order valence-electron chi connectivity index (χ4n) is 1.89. The lowest BCUT2D eigenvalue weighted by Gasteiger charge is -2.22. The molecule has 20 heavy (non-hydrogen) atoms. The van der Waals surface area contributed by atoms with E-state index in [2.05, 4.69) is 10.3 Å². The largest absolute Gasteiger partial charge is 0.476 e. The van der Waals surface area contributed by atoms with E-state index in [0.717, 1.165) is 12.8 Å². The van der Waals surface area contributed by atoms with Crippen LogP contribution in [0.15, 0.2) is 18.3 Å². The molecule has 108 valence electrons. The maximum atomic E-state index is 12.2. The van der Waals surface area contributed by atoms with E-state index >= 15 is 0 Å². The van der Waals surface area contributed by atoms with Crippen molar-refractivity contribution in [1.82, 2.24) is 9.88 Å². The Hall–Kier alpha value is -2.15. The predicted molar refractivity (Wildman–Crippen MR) is 71.8 cm³/mol. The highest BCUT2D eigenvalue weighted by atomic mass is 16.5. The number of carbonyl (C=O) groups excluding carboxylic acids is 1. The first-order chi connectivity index (χ1) is 9.63. The summed E-state index contributed by atoms with van der Waals surface area (Å²) in [6.45, 7) is 0.929. The highest BCUT2D eigenvalue weighted by Gasteiger charge is 2.32. The summed E-state index contributed by atoms with van der Waals surface area (Å²) in [7, 11) is 1.58. The third kappa shape index (κ3) is 3.45. The summed E-state index contributed by atoms with van der Waals surface area (Å²) >= 11 is 0. The summed E-state index contributed by atoms with van der Waals surface area (Å²) in [6.07, 6.45) is 3.31. The zero-order chi connectivity index (χ0) is 14.5. The Morgan fingerprint density at radius 2 is 2.30 bits per heavy atom. The molecule has 0 unspecified atom stereocenters. The maximum Gasteiger partial charge on any atom is 0.356 e. The van der Waals surface area contributed by atoms with Crippen molar-refractivity contribution in [3.05, 3.63) is 24.0 Å². The molecule has 2 N–H and O–H groups in total. The summed E-state index contributed by atoms with van der Waals surface area (Å²) < 4.78 is 4.98. The second-order valence-electron chi connectivity index (χ2n) is 4.55. The topological polar surface area (TPSA) is 91.8 Å². The van der Waals surface area contributed by atoms with E-state index in [1.807, 2.05) is 0 Å². The SMILES string of the molecule is COCCN(C(=O)Nc1cccnc1C(=O)O)C1CC1. The van der Waals surface area contributed by atoms with Crippen LogP contribution in [0.2, 0.25) is 0 Å². The Bertz CT molecular complexity index is 502. The van der Waals surface area contributed by atoms with Crippen molar-refractivity contribution < 1.29 is 19.4 Å². The van der Waals surface area contributed by atoms with Gasteiger partial charge < -0.3 is 20.1 Å². The van der Waals surface area contributed by atoms with E-state index in [-0.39, 0.29) is 23.5 Å². The molecule has 7 heteroatoms. The molecule has 7 nitrogen and oxygen atoms in total. The van der Waals surface area contributed by atoms with E-state index in [1.54, 1.807) is 18.1 Å². The predicted octanol–water partition coefficient (Wildman–Crippen LogP) is 1.42. The van der Waals surface area contributed by atoms with Crippen LogP contribution in [-0.4, -0.2) is 53.3 Å². The molecule has 0 radical (unpaired) electrons. The van der Waals surface area contributed by atoms with Gasteiger partial charge in [0, 0.05) is 25.9 Å². The van der Waals surface area contributed by atoms with E-state index in [1.165, 1.54) is 12.3 Å². The Kier molecular flexibility index (Phi) is 4.52. The number of urea groups is 1. The highest BCUT2D eigenvalue weighted by molar-refractivity contribution is 5.98. The second-order valence-corrected chi connectivity index (χ2v) is 4.55. The van der Waals surface area contributed by atoms with Crippen LogP contribution in [-0.2, 0) is 4.74 Å². The van der Waals surface area contributed by atoms with Gasteiger partial charge >= 0.3 is 12.0 Å². The number of anilines is 1. The number of hydrogen-bond acceptors (Lipinski definition) is 4. The van der Waals surface area contributed by atoms with Crippen molar-refractivity contribution in [2.75, 3.05) is 25.6 Å². The lowest BCUT2D eigenvalue weighted by Crippen LogP contribution is -2.39. The molecule has 1 aliphatic rings. The molecule has 0 spiro atoms. The average Bonchev–Trinajstić information content (AvgIpc) is 3.24. The summed E-state index contributed by atoms with van der Waals surface area (Å²) in [5.74, 6) is -1.17. The van der Waals surface area contributed by atoms with Gasteiger partial charge in [-0.25, -0.2) is 14.6 Å². The van der Waals surface area contributed by atoms with Gasteiger partial charge in [0.15, 0.2) is 5.69 Å². The molecule has 2 rings (SSSR count). The van der Waals surface area contributed by atoms with Gasteiger partial charge in [-0.3, -0.25) is 0 Å². The third-order valence-corrected chi connectivity index (χ3v) is 3.04. The number of pyridine rings is 1. The number of methoxy groups -OCH3 is 1.